The third-order valence-electron chi connectivity index (χ3n) is 3.86. The Bertz CT molecular complexity index is 177. The minimum atomic E-state index is -0.895. The molecule has 2 N–H and O–H groups in total. The van der Waals surface area contributed by atoms with Crippen molar-refractivity contribution in [3.63, 3.8) is 0 Å². The highest BCUT2D eigenvalue weighted by molar-refractivity contribution is 4.95. The zero-order valence-electron chi connectivity index (χ0n) is 8.27. The summed E-state index contributed by atoms with van der Waals surface area (Å²) in [5, 5.41) is 0. The van der Waals surface area contributed by atoms with Gasteiger partial charge in [-0.05, 0) is 44.4 Å². The van der Waals surface area contributed by atoms with Crippen LogP contribution in [0.3, 0.4) is 0 Å². The largest absolute Gasteiger partial charge is 0.328 e. The van der Waals surface area contributed by atoms with E-state index in [9.17, 15) is 4.39 Å². The second-order valence-corrected chi connectivity index (χ2v) is 4.87. The van der Waals surface area contributed by atoms with E-state index in [0.717, 1.165) is 32.1 Å². The lowest BCUT2D eigenvalue weighted by Gasteiger charge is -2.37. The third-order valence-corrected chi connectivity index (χ3v) is 3.86. The van der Waals surface area contributed by atoms with E-state index in [1.807, 2.05) is 0 Å². The molecule has 0 aromatic heterocycles. The predicted octanol–water partition coefficient (Wildman–Crippen LogP) is 2.79. The molecule has 0 saturated heterocycles. The standard InChI is InChI=1S/C11H20FN/c12-11(9-4-1-2-5-9)7-3-6-10(13)8-11/h9-10H,1-8,13H2. The van der Waals surface area contributed by atoms with E-state index in [2.05, 4.69) is 0 Å². The monoisotopic (exact) mass is 185 g/mol. The van der Waals surface area contributed by atoms with Crippen molar-refractivity contribution in [3.8, 4) is 0 Å². The van der Waals surface area contributed by atoms with Crippen molar-refractivity contribution in [2.75, 3.05) is 0 Å². The van der Waals surface area contributed by atoms with Crippen LogP contribution in [-0.2, 0) is 0 Å². The van der Waals surface area contributed by atoms with Crippen LogP contribution >= 0.6 is 0 Å². The van der Waals surface area contributed by atoms with Gasteiger partial charge in [0, 0.05) is 6.04 Å². The maximum Gasteiger partial charge on any atom is 0.115 e. The minimum absolute atomic E-state index is 0.124. The Hall–Kier alpha value is -0.110. The summed E-state index contributed by atoms with van der Waals surface area (Å²) in [5.41, 5.74) is 4.94. The SMILES string of the molecule is NC1CCCC(F)(C2CCCC2)C1. The van der Waals surface area contributed by atoms with Crippen LogP contribution in [0.2, 0.25) is 0 Å². The van der Waals surface area contributed by atoms with Crippen molar-refractivity contribution in [1.29, 1.82) is 0 Å². The minimum Gasteiger partial charge on any atom is -0.328 e. The van der Waals surface area contributed by atoms with Crippen molar-refractivity contribution >= 4 is 0 Å². The van der Waals surface area contributed by atoms with Gasteiger partial charge in [-0.3, -0.25) is 0 Å². The Morgan fingerprint density at radius 2 is 1.77 bits per heavy atom. The fourth-order valence-corrected chi connectivity index (χ4v) is 3.11. The average Bonchev–Trinajstić information content (AvgIpc) is 2.55. The molecule has 0 amide bonds. The van der Waals surface area contributed by atoms with Gasteiger partial charge in [-0.15, -0.1) is 0 Å². The molecule has 76 valence electrons. The molecule has 2 aliphatic rings. The van der Waals surface area contributed by atoms with E-state index < -0.39 is 5.67 Å². The summed E-state index contributed by atoms with van der Waals surface area (Å²) in [7, 11) is 0. The Morgan fingerprint density at radius 3 is 2.38 bits per heavy atom. The fraction of sp³-hybridized carbons (Fsp3) is 1.00. The lowest BCUT2D eigenvalue weighted by atomic mass is 9.75. The molecular formula is C11H20FN. The van der Waals surface area contributed by atoms with Crippen LogP contribution in [0, 0.1) is 5.92 Å². The van der Waals surface area contributed by atoms with Gasteiger partial charge >= 0.3 is 0 Å². The van der Waals surface area contributed by atoms with Crippen molar-refractivity contribution in [2.45, 2.75) is 63.1 Å². The smallest absolute Gasteiger partial charge is 0.115 e. The van der Waals surface area contributed by atoms with Gasteiger partial charge in [0.1, 0.15) is 5.67 Å². The average molecular weight is 185 g/mol. The molecule has 2 aliphatic carbocycles. The van der Waals surface area contributed by atoms with E-state index >= 15 is 0 Å². The molecule has 0 aromatic carbocycles. The molecule has 2 saturated carbocycles. The molecule has 0 radical (unpaired) electrons. The molecule has 0 spiro atoms. The zero-order chi connectivity index (χ0) is 9.31. The van der Waals surface area contributed by atoms with Gasteiger partial charge in [-0.2, -0.15) is 0 Å². The molecule has 0 bridgehead atoms. The molecule has 0 aromatic rings. The first kappa shape index (κ1) is 9.45. The van der Waals surface area contributed by atoms with E-state index in [1.165, 1.54) is 12.8 Å². The summed E-state index contributed by atoms with van der Waals surface area (Å²) < 4.78 is 14.4. The highest BCUT2D eigenvalue weighted by atomic mass is 19.1. The quantitative estimate of drug-likeness (QED) is 0.668. The van der Waals surface area contributed by atoms with Gasteiger partial charge in [0.05, 0.1) is 0 Å². The molecule has 2 atom stereocenters. The van der Waals surface area contributed by atoms with Gasteiger partial charge < -0.3 is 5.73 Å². The van der Waals surface area contributed by atoms with Crippen LogP contribution in [0.15, 0.2) is 0 Å². The summed E-state index contributed by atoms with van der Waals surface area (Å²) in [6.45, 7) is 0. The van der Waals surface area contributed by atoms with Gasteiger partial charge in [0.25, 0.3) is 0 Å². The highest BCUT2D eigenvalue weighted by Crippen LogP contribution is 2.44. The summed E-state index contributed by atoms with van der Waals surface area (Å²) in [6.07, 6.45) is 8.07. The topological polar surface area (TPSA) is 26.0 Å². The van der Waals surface area contributed by atoms with Crippen molar-refractivity contribution < 1.29 is 4.39 Å². The first-order chi connectivity index (χ1) is 6.21. The highest BCUT2D eigenvalue weighted by Gasteiger charge is 2.43. The zero-order valence-corrected chi connectivity index (χ0v) is 8.27. The number of nitrogens with two attached hydrogens (primary N) is 1. The van der Waals surface area contributed by atoms with Crippen LogP contribution in [0.4, 0.5) is 4.39 Å². The molecular weight excluding hydrogens is 165 g/mol. The first-order valence-corrected chi connectivity index (χ1v) is 5.65. The Labute approximate surface area is 79.9 Å². The second kappa shape index (κ2) is 3.56. The van der Waals surface area contributed by atoms with Crippen LogP contribution in [0.1, 0.15) is 51.4 Å². The summed E-state index contributed by atoms with van der Waals surface area (Å²) >= 11 is 0. The first-order valence-electron chi connectivity index (χ1n) is 5.65. The molecule has 2 rings (SSSR count). The number of alkyl halides is 1. The van der Waals surface area contributed by atoms with Crippen LogP contribution in [-0.4, -0.2) is 11.7 Å². The van der Waals surface area contributed by atoms with Gasteiger partial charge in [-0.1, -0.05) is 12.8 Å². The molecule has 0 heterocycles. The molecule has 2 unspecified atom stereocenters. The van der Waals surface area contributed by atoms with Crippen LogP contribution < -0.4 is 5.73 Å². The molecule has 2 heteroatoms. The Kier molecular flexibility index (Phi) is 2.59. The number of hydrogen-bond acceptors (Lipinski definition) is 1. The van der Waals surface area contributed by atoms with E-state index in [0.29, 0.717) is 12.3 Å². The van der Waals surface area contributed by atoms with Gasteiger partial charge in [0.15, 0.2) is 0 Å². The third kappa shape index (κ3) is 1.88. The maximum absolute atomic E-state index is 14.4. The van der Waals surface area contributed by atoms with Crippen LogP contribution in [0.25, 0.3) is 0 Å². The lowest BCUT2D eigenvalue weighted by Crippen LogP contribution is -2.42. The Morgan fingerprint density at radius 1 is 1.08 bits per heavy atom. The fourth-order valence-electron chi connectivity index (χ4n) is 3.11. The van der Waals surface area contributed by atoms with Crippen LogP contribution in [0.5, 0.6) is 0 Å². The maximum atomic E-state index is 14.4. The Balaban J connectivity index is 2.00. The normalized spacial score (nSPS) is 42.5. The van der Waals surface area contributed by atoms with E-state index in [1.54, 1.807) is 0 Å². The summed E-state index contributed by atoms with van der Waals surface area (Å²) in [4.78, 5) is 0. The summed E-state index contributed by atoms with van der Waals surface area (Å²) in [5.74, 6) is 0.332. The molecule has 2 fully saturated rings. The number of hydrogen-bond donors (Lipinski definition) is 1. The van der Waals surface area contributed by atoms with E-state index in [4.69, 9.17) is 5.73 Å². The predicted molar refractivity (Wildman–Crippen MR) is 52.2 cm³/mol. The number of rotatable bonds is 1. The molecule has 1 nitrogen and oxygen atoms in total. The second-order valence-electron chi connectivity index (χ2n) is 4.87. The number of halogens is 1. The van der Waals surface area contributed by atoms with Crippen molar-refractivity contribution in [3.05, 3.63) is 0 Å². The van der Waals surface area contributed by atoms with Crippen molar-refractivity contribution in [1.82, 2.24) is 0 Å². The van der Waals surface area contributed by atoms with Gasteiger partial charge in [0.2, 0.25) is 0 Å². The molecule has 13 heavy (non-hydrogen) atoms. The van der Waals surface area contributed by atoms with Gasteiger partial charge in [-0.25, -0.2) is 4.39 Å². The molecule has 0 aliphatic heterocycles. The van der Waals surface area contributed by atoms with E-state index in [-0.39, 0.29) is 6.04 Å². The van der Waals surface area contributed by atoms with Crippen molar-refractivity contribution in [2.24, 2.45) is 11.7 Å². The lowest BCUT2D eigenvalue weighted by molar-refractivity contribution is 0.0333. The summed E-state index contributed by atoms with van der Waals surface area (Å²) in [6, 6.07) is 0.124.